The van der Waals surface area contributed by atoms with Crippen LogP contribution in [0.25, 0.3) is 0 Å². The summed E-state index contributed by atoms with van der Waals surface area (Å²) >= 11 is 8.04. The number of hydrogen-bond donors (Lipinski definition) is 2. The van der Waals surface area contributed by atoms with E-state index in [4.69, 9.17) is 18.0 Å². The first kappa shape index (κ1) is 12.9. The molecule has 2 rings (SSSR count). The second-order valence-corrected chi connectivity index (χ2v) is 4.81. The zero-order valence-corrected chi connectivity index (χ0v) is 11.6. The molecule has 1 aromatic heterocycles. The van der Waals surface area contributed by atoms with E-state index in [1.54, 1.807) is 30.5 Å². The van der Waals surface area contributed by atoms with Gasteiger partial charge in [0, 0.05) is 11.9 Å². The molecule has 0 radical (unpaired) electrons. The minimum absolute atomic E-state index is 0.208. The minimum atomic E-state index is -0.318. The largest absolute Gasteiger partial charge is 0.388 e. The lowest BCUT2D eigenvalue weighted by atomic mass is 10.2. The fourth-order valence-corrected chi connectivity index (χ4v) is 1.97. The van der Waals surface area contributed by atoms with Crippen molar-refractivity contribution in [3.05, 3.63) is 52.5 Å². The molecule has 0 bridgehead atoms. The van der Waals surface area contributed by atoms with E-state index in [0.29, 0.717) is 21.5 Å². The summed E-state index contributed by atoms with van der Waals surface area (Å²) in [6.07, 6.45) is 1.61. The Morgan fingerprint density at radius 3 is 2.83 bits per heavy atom. The van der Waals surface area contributed by atoms with Gasteiger partial charge in [-0.15, -0.1) is 0 Å². The van der Waals surface area contributed by atoms with Gasteiger partial charge in [-0.05, 0) is 46.3 Å². The van der Waals surface area contributed by atoms with E-state index in [1.807, 2.05) is 0 Å². The normalized spacial score (nSPS) is 10.1. The molecule has 0 aliphatic rings. The highest BCUT2D eigenvalue weighted by molar-refractivity contribution is 9.10. The molecule has 3 nitrogen and oxygen atoms in total. The summed E-state index contributed by atoms with van der Waals surface area (Å²) in [7, 11) is 0. The predicted octanol–water partition coefficient (Wildman–Crippen LogP) is 3.36. The highest BCUT2D eigenvalue weighted by Gasteiger charge is 2.07. The van der Waals surface area contributed by atoms with Crippen LogP contribution in [-0.2, 0) is 0 Å². The van der Waals surface area contributed by atoms with Crippen molar-refractivity contribution < 1.29 is 4.39 Å². The number of nitrogens with one attached hydrogen (secondary N) is 1. The number of rotatable bonds is 3. The van der Waals surface area contributed by atoms with Gasteiger partial charge < -0.3 is 11.1 Å². The Kier molecular flexibility index (Phi) is 3.88. The van der Waals surface area contributed by atoms with Gasteiger partial charge in [0.1, 0.15) is 16.5 Å². The van der Waals surface area contributed by atoms with Gasteiger partial charge in [-0.1, -0.05) is 12.2 Å². The minimum Gasteiger partial charge on any atom is -0.388 e. The molecule has 0 saturated heterocycles. The van der Waals surface area contributed by atoms with E-state index < -0.39 is 0 Å². The number of pyridine rings is 1. The fourth-order valence-electron chi connectivity index (χ4n) is 1.43. The van der Waals surface area contributed by atoms with Crippen LogP contribution in [0.1, 0.15) is 5.69 Å². The van der Waals surface area contributed by atoms with Crippen molar-refractivity contribution in [1.82, 2.24) is 4.98 Å². The number of aromatic nitrogens is 1. The van der Waals surface area contributed by atoms with Gasteiger partial charge in [-0.2, -0.15) is 0 Å². The molecule has 92 valence electrons. The van der Waals surface area contributed by atoms with Gasteiger partial charge in [-0.3, -0.25) is 4.98 Å². The van der Waals surface area contributed by atoms with Crippen LogP contribution >= 0.6 is 28.1 Å². The smallest absolute Gasteiger partial charge is 0.137 e. The molecule has 1 aromatic carbocycles. The average Bonchev–Trinajstić information content (AvgIpc) is 2.34. The second kappa shape index (κ2) is 5.41. The lowest BCUT2D eigenvalue weighted by Gasteiger charge is -2.10. The van der Waals surface area contributed by atoms with Crippen molar-refractivity contribution in [3.63, 3.8) is 0 Å². The van der Waals surface area contributed by atoms with E-state index in [2.05, 4.69) is 26.2 Å². The van der Waals surface area contributed by atoms with Crippen LogP contribution in [0.4, 0.5) is 15.8 Å². The van der Waals surface area contributed by atoms with Crippen molar-refractivity contribution in [2.24, 2.45) is 5.73 Å². The van der Waals surface area contributed by atoms with E-state index in [9.17, 15) is 4.39 Å². The van der Waals surface area contributed by atoms with E-state index in [-0.39, 0.29) is 10.8 Å². The second-order valence-electron chi connectivity index (χ2n) is 3.52. The molecular formula is C12H9BrFN3S. The van der Waals surface area contributed by atoms with Gasteiger partial charge in [0.15, 0.2) is 0 Å². The van der Waals surface area contributed by atoms with Gasteiger partial charge in [-0.25, -0.2) is 4.39 Å². The Morgan fingerprint density at radius 1 is 1.39 bits per heavy atom. The molecule has 0 aliphatic heterocycles. The van der Waals surface area contributed by atoms with Crippen molar-refractivity contribution in [2.45, 2.75) is 0 Å². The van der Waals surface area contributed by atoms with Crippen LogP contribution in [0.15, 0.2) is 41.0 Å². The molecule has 0 atom stereocenters. The number of thiocarbonyl (C=S) groups is 1. The van der Waals surface area contributed by atoms with Crippen LogP contribution in [0.2, 0.25) is 0 Å². The summed E-state index contributed by atoms with van der Waals surface area (Å²) in [6, 6.07) is 8.19. The topological polar surface area (TPSA) is 50.9 Å². The maximum atomic E-state index is 13.1. The van der Waals surface area contributed by atoms with Crippen molar-refractivity contribution in [3.8, 4) is 0 Å². The van der Waals surface area contributed by atoms with Crippen LogP contribution in [-0.4, -0.2) is 9.97 Å². The Bertz CT molecular complexity index is 604. The molecule has 18 heavy (non-hydrogen) atoms. The SMILES string of the molecule is NC(=S)c1ncccc1Nc1ccc(F)c(Br)c1. The Hall–Kier alpha value is -1.53. The number of nitrogens with two attached hydrogens (primary N) is 1. The maximum Gasteiger partial charge on any atom is 0.137 e. The van der Waals surface area contributed by atoms with Crippen molar-refractivity contribution in [1.29, 1.82) is 0 Å². The summed E-state index contributed by atoms with van der Waals surface area (Å²) in [6.45, 7) is 0. The zero-order valence-electron chi connectivity index (χ0n) is 9.15. The summed E-state index contributed by atoms with van der Waals surface area (Å²) in [4.78, 5) is 4.31. The van der Waals surface area contributed by atoms with Gasteiger partial charge in [0.05, 0.1) is 10.2 Å². The predicted molar refractivity (Wildman–Crippen MR) is 77.5 cm³/mol. The van der Waals surface area contributed by atoms with E-state index in [0.717, 1.165) is 0 Å². The lowest BCUT2D eigenvalue weighted by Crippen LogP contribution is -2.13. The summed E-state index contributed by atoms with van der Waals surface area (Å²) in [5.74, 6) is -0.318. The number of hydrogen-bond acceptors (Lipinski definition) is 3. The summed E-state index contributed by atoms with van der Waals surface area (Å²) in [5, 5.41) is 3.10. The number of halogens is 2. The number of benzene rings is 1. The molecule has 6 heteroatoms. The van der Waals surface area contributed by atoms with Gasteiger partial charge >= 0.3 is 0 Å². The average molecular weight is 326 g/mol. The molecule has 3 N–H and O–H groups in total. The van der Waals surface area contributed by atoms with Gasteiger partial charge in [0.25, 0.3) is 0 Å². The highest BCUT2D eigenvalue weighted by Crippen LogP contribution is 2.24. The third-order valence-corrected chi connectivity index (χ3v) is 3.04. The molecule has 0 aliphatic carbocycles. The standard InChI is InChI=1S/C12H9BrFN3S/c13-8-6-7(3-4-9(8)14)17-10-2-1-5-16-11(10)12(15)18/h1-6,17H,(H2,15,18). The molecule has 0 spiro atoms. The third kappa shape index (κ3) is 2.83. The molecule has 2 aromatic rings. The molecular weight excluding hydrogens is 317 g/mol. The first-order valence-electron chi connectivity index (χ1n) is 5.05. The van der Waals surface area contributed by atoms with E-state index in [1.165, 1.54) is 6.07 Å². The monoisotopic (exact) mass is 325 g/mol. The van der Waals surface area contributed by atoms with Crippen LogP contribution in [0.3, 0.4) is 0 Å². The molecule has 0 amide bonds. The van der Waals surface area contributed by atoms with E-state index >= 15 is 0 Å². The first-order valence-corrected chi connectivity index (χ1v) is 6.25. The first-order chi connectivity index (χ1) is 8.58. The molecule has 0 fully saturated rings. The Morgan fingerprint density at radius 2 is 2.17 bits per heavy atom. The number of anilines is 2. The Labute approximate surface area is 117 Å². The van der Waals surface area contributed by atoms with Gasteiger partial charge in [0.2, 0.25) is 0 Å². The lowest BCUT2D eigenvalue weighted by molar-refractivity contribution is 0.621. The summed E-state index contributed by atoms with van der Waals surface area (Å²) in [5.41, 5.74) is 7.49. The molecule has 0 unspecified atom stereocenters. The quantitative estimate of drug-likeness (QED) is 0.849. The molecule has 0 saturated carbocycles. The Balaban J connectivity index is 2.34. The van der Waals surface area contributed by atoms with Crippen molar-refractivity contribution >= 4 is 44.5 Å². The van der Waals surface area contributed by atoms with Crippen LogP contribution in [0.5, 0.6) is 0 Å². The molecule has 1 heterocycles. The zero-order chi connectivity index (χ0) is 13.1. The number of nitrogens with zero attached hydrogens (tertiary/aromatic N) is 1. The highest BCUT2D eigenvalue weighted by atomic mass is 79.9. The van der Waals surface area contributed by atoms with Crippen LogP contribution < -0.4 is 11.1 Å². The van der Waals surface area contributed by atoms with Crippen molar-refractivity contribution in [2.75, 3.05) is 5.32 Å². The third-order valence-electron chi connectivity index (χ3n) is 2.24. The maximum absolute atomic E-state index is 13.1. The summed E-state index contributed by atoms with van der Waals surface area (Å²) < 4.78 is 13.5. The van der Waals surface area contributed by atoms with Crippen LogP contribution in [0, 0.1) is 5.82 Å². The fraction of sp³-hybridized carbons (Fsp3) is 0.